The molecule has 0 radical (unpaired) electrons. The van der Waals surface area contributed by atoms with Gasteiger partial charge in [0.25, 0.3) is 0 Å². The molecule has 2 aliphatic rings. The molecule has 1 atom stereocenters. The second-order valence-electron chi connectivity index (χ2n) is 7.22. The van der Waals surface area contributed by atoms with Gasteiger partial charge in [0.15, 0.2) is 0 Å². The molecule has 0 bridgehead atoms. The van der Waals surface area contributed by atoms with E-state index < -0.39 is 0 Å². The van der Waals surface area contributed by atoms with Gasteiger partial charge in [-0.25, -0.2) is 0 Å². The number of rotatable bonds is 4. The molecule has 2 aromatic rings. The summed E-state index contributed by atoms with van der Waals surface area (Å²) >= 11 is 0. The van der Waals surface area contributed by atoms with Crippen LogP contribution in [0.1, 0.15) is 30.4 Å². The summed E-state index contributed by atoms with van der Waals surface area (Å²) in [5.74, 6) is 0.453. The zero-order valence-corrected chi connectivity index (χ0v) is 15.4. The first-order chi connectivity index (χ1) is 12.7. The molecule has 0 spiro atoms. The van der Waals surface area contributed by atoms with Crippen molar-refractivity contribution in [1.82, 2.24) is 0 Å². The molecule has 4 rings (SSSR count). The highest BCUT2D eigenvalue weighted by Gasteiger charge is 2.27. The molecule has 1 unspecified atom stereocenters. The molecule has 1 saturated heterocycles. The molecule has 2 heterocycles. The Balaban J connectivity index is 1.50. The van der Waals surface area contributed by atoms with E-state index in [0.717, 1.165) is 45.0 Å². The van der Waals surface area contributed by atoms with E-state index in [1.54, 1.807) is 0 Å². The SMILES string of the molecule is CC(CC(=O)N1CCc2ccc(N3CCOCC3)cc21)c1ccccc1. The number of anilines is 2. The fourth-order valence-corrected chi connectivity index (χ4v) is 3.92. The van der Waals surface area contributed by atoms with Crippen LogP contribution in [0.4, 0.5) is 11.4 Å². The molecule has 4 nitrogen and oxygen atoms in total. The molecule has 4 heteroatoms. The van der Waals surface area contributed by atoms with Gasteiger partial charge < -0.3 is 14.5 Å². The molecule has 2 aliphatic heterocycles. The van der Waals surface area contributed by atoms with Gasteiger partial charge in [0.1, 0.15) is 0 Å². The first-order valence-corrected chi connectivity index (χ1v) is 9.53. The molecule has 26 heavy (non-hydrogen) atoms. The fourth-order valence-electron chi connectivity index (χ4n) is 3.92. The van der Waals surface area contributed by atoms with Gasteiger partial charge in [-0.15, -0.1) is 0 Å². The number of hydrogen-bond donors (Lipinski definition) is 0. The summed E-state index contributed by atoms with van der Waals surface area (Å²) in [7, 11) is 0. The Morgan fingerprint density at radius 2 is 1.85 bits per heavy atom. The number of amides is 1. The van der Waals surface area contributed by atoms with Gasteiger partial charge in [-0.2, -0.15) is 0 Å². The minimum atomic E-state index is 0.222. The van der Waals surface area contributed by atoms with Crippen molar-refractivity contribution >= 4 is 17.3 Å². The van der Waals surface area contributed by atoms with Crippen molar-refractivity contribution in [1.29, 1.82) is 0 Å². The summed E-state index contributed by atoms with van der Waals surface area (Å²) in [5, 5.41) is 0. The van der Waals surface area contributed by atoms with Crippen LogP contribution in [0.25, 0.3) is 0 Å². The van der Waals surface area contributed by atoms with E-state index in [9.17, 15) is 4.79 Å². The largest absolute Gasteiger partial charge is 0.378 e. The summed E-state index contributed by atoms with van der Waals surface area (Å²) in [6.07, 6.45) is 1.50. The lowest BCUT2D eigenvalue weighted by molar-refractivity contribution is -0.118. The zero-order chi connectivity index (χ0) is 17.9. The molecular weight excluding hydrogens is 324 g/mol. The van der Waals surface area contributed by atoms with Crippen LogP contribution in [-0.4, -0.2) is 38.8 Å². The van der Waals surface area contributed by atoms with Crippen LogP contribution >= 0.6 is 0 Å². The number of morpholine rings is 1. The maximum absolute atomic E-state index is 13.0. The zero-order valence-electron chi connectivity index (χ0n) is 15.4. The third-order valence-electron chi connectivity index (χ3n) is 5.49. The van der Waals surface area contributed by atoms with Gasteiger partial charge >= 0.3 is 0 Å². The monoisotopic (exact) mass is 350 g/mol. The number of carbonyl (C=O) groups is 1. The summed E-state index contributed by atoms with van der Waals surface area (Å²) < 4.78 is 5.45. The Labute approximate surface area is 155 Å². The normalized spacial score (nSPS) is 17.9. The van der Waals surface area contributed by atoms with Crippen molar-refractivity contribution in [2.75, 3.05) is 42.6 Å². The second-order valence-corrected chi connectivity index (χ2v) is 7.22. The van der Waals surface area contributed by atoms with Crippen LogP contribution in [0.15, 0.2) is 48.5 Å². The smallest absolute Gasteiger partial charge is 0.227 e. The van der Waals surface area contributed by atoms with Crippen molar-refractivity contribution in [2.24, 2.45) is 0 Å². The van der Waals surface area contributed by atoms with E-state index in [1.807, 2.05) is 23.1 Å². The molecule has 136 valence electrons. The topological polar surface area (TPSA) is 32.8 Å². The van der Waals surface area contributed by atoms with Gasteiger partial charge in [0, 0.05) is 37.4 Å². The molecule has 0 aromatic heterocycles. The minimum Gasteiger partial charge on any atom is -0.378 e. The van der Waals surface area contributed by atoms with Crippen LogP contribution < -0.4 is 9.80 Å². The number of hydrogen-bond acceptors (Lipinski definition) is 3. The molecule has 0 saturated carbocycles. The number of fused-ring (bicyclic) bond motifs is 1. The van der Waals surface area contributed by atoms with E-state index in [2.05, 4.69) is 42.2 Å². The number of carbonyl (C=O) groups excluding carboxylic acids is 1. The standard InChI is InChI=1S/C22H26N2O2/c1-17(18-5-3-2-4-6-18)15-22(25)24-10-9-19-7-8-20(16-21(19)24)23-11-13-26-14-12-23/h2-8,16-17H,9-15H2,1H3. The van der Waals surface area contributed by atoms with E-state index in [-0.39, 0.29) is 11.8 Å². The Morgan fingerprint density at radius 1 is 1.08 bits per heavy atom. The third kappa shape index (κ3) is 3.47. The van der Waals surface area contributed by atoms with Crippen molar-refractivity contribution in [2.45, 2.75) is 25.7 Å². The number of benzene rings is 2. The van der Waals surface area contributed by atoms with Crippen LogP contribution in [0.5, 0.6) is 0 Å². The van der Waals surface area contributed by atoms with Crippen LogP contribution in [0.3, 0.4) is 0 Å². The van der Waals surface area contributed by atoms with Gasteiger partial charge in [-0.1, -0.05) is 43.3 Å². The Kier molecular flexibility index (Phi) is 4.93. The van der Waals surface area contributed by atoms with Crippen molar-refractivity contribution in [3.63, 3.8) is 0 Å². The predicted molar refractivity (Wildman–Crippen MR) is 105 cm³/mol. The van der Waals surface area contributed by atoms with E-state index in [0.29, 0.717) is 6.42 Å². The summed E-state index contributed by atoms with van der Waals surface area (Å²) in [4.78, 5) is 17.3. The van der Waals surface area contributed by atoms with Crippen LogP contribution in [0.2, 0.25) is 0 Å². The summed E-state index contributed by atoms with van der Waals surface area (Å²) in [6, 6.07) is 16.9. The van der Waals surface area contributed by atoms with Gasteiger partial charge in [0.2, 0.25) is 5.91 Å². The Hall–Kier alpha value is -2.33. The van der Waals surface area contributed by atoms with Gasteiger partial charge in [-0.3, -0.25) is 4.79 Å². The predicted octanol–water partition coefficient (Wildman–Crippen LogP) is 3.61. The highest BCUT2D eigenvalue weighted by molar-refractivity contribution is 5.96. The molecule has 0 N–H and O–H groups in total. The first kappa shape index (κ1) is 17.1. The maximum Gasteiger partial charge on any atom is 0.227 e. The lowest BCUT2D eigenvalue weighted by atomic mass is 9.97. The fraction of sp³-hybridized carbons (Fsp3) is 0.409. The number of nitrogens with zero attached hydrogens (tertiary/aromatic N) is 2. The molecule has 0 aliphatic carbocycles. The molecular formula is C22H26N2O2. The highest BCUT2D eigenvalue weighted by atomic mass is 16.5. The van der Waals surface area contributed by atoms with E-state index in [4.69, 9.17) is 4.74 Å². The van der Waals surface area contributed by atoms with E-state index in [1.165, 1.54) is 16.8 Å². The van der Waals surface area contributed by atoms with Crippen LogP contribution in [0, 0.1) is 0 Å². The molecule has 2 aromatic carbocycles. The van der Waals surface area contributed by atoms with Crippen molar-refractivity contribution in [3.05, 3.63) is 59.7 Å². The van der Waals surface area contributed by atoms with Crippen molar-refractivity contribution < 1.29 is 9.53 Å². The van der Waals surface area contributed by atoms with Crippen LogP contribution in [-0.2, 0) is 16.0 Å². The molecule has 1 fully saturated rings. The lowest BCUT2D eigenvalue weighted by Crippen LogP contribution is -2.36. The molecule has 1 amide bonds. The average molecular weight is 350 g/mol. The van der Waals surface area contributed by atoms with Gasteiger partial charge in [0.05, 0.1) is 13.2 Å². The average Bonchev–Trinajstić information content (AvgIpc) is 3.12. The summed E-state index contributed by atoms with van der Waals surface area (Å²) in [6.45, 7) is 6.30. The Bertz CT molecular complexity index is 769. The number of ether oxygens (including phenoxy) is 1. The quantitative estimate of drug-likeness (QED) is 0.844. The first-order valence-electron chi connectivity index (χ1n) is 9.53. The summed E-state index contributed by atoms with van der Waals surface area (Å²) in [5.41, 5.74) is 4.80. The Morgan fingerprint density at radius 3 is 2.62 bits per heavy atom. The van der Waals surface area contributed by atoms with Gasteiger partial charge in [-0.05, 0) is 35.6 Å². The van der Waals surface area contributed by atoms with E-state index >= 15 is 0 Å². The van der Waals surface area contributed by atoms with Crippen molar-refractivity contribution in [3.8, 4) is 0 Å². The third-order valence-corrected chi connectivity index (χ3v) is 5.49. The minimum absolute atomic E-state index is 0.222. The maximum atomic E-state index is 13.0. The highest BCUT2D eigenvalue weighted by Crippen LogP contribution is 2.34. The lowest BCUT2D eigenvalue weighted by Gasteiger charge is -2.30. The second kappa shape index (κ2) is 7.50.